The van der Waals surface area contributed by atoms with Gasteiger partial charge in [-0.3, -0.25) is 4.79 Å². The van der Waals surface area contributed by atoms with E-state index in [0.29, 0.717) is 0 Å². The minimum Gasteiger partial charge on any atom is -0.481 e. The lowest BCUT2D eigenvalue weighted by atomic mass is 10.1. The van der Waals surface area contributed by atoms with E-state index in [4.69, 9.17) is 5.11 Å². The maximum absolute atomic E-state index is 10.8. The first kappa shape index (κ1) is 14.6. The summed E-state index contributed by atoms with van der Waals surface area (Å²) < 4.78 is 1.68. The molecule has 6 heteroatoms. The number of unbranched alkanes of at least 4 members (excludes halogenated alkanes) is 3. The molecule has 1 N–H and O–H groups in total. The number of rotatable bonds is 9. The second kappa shape index (κ2) is 7.79. The van der Waals surface area contributed by atoms with E-state index in [-0.39, 0.29) is 12.5 Å². The summed E-state index contributed by atoms with van der Waals surface area (Å²) in [7, 11) is 0. The van der Waals surface area contributed by atoms with Crippen LogP contribution in [-0.2, 0) is 11.2 Å². The number of carbonyl (C=O) groups is 1. The predicted molar refractivity (Wildman–Crippen MR) is 67.2 cm³/mol. The van der Waals surface area contributed by atoms with Crippen LogP contribution in [0.25, 0.3) is 0 Å². The highest BCUT2D eigenvalue weighted by atomic mass is 16.4. The Bertz CT molecular complexity index is 365. The Labute approximate surface area is 107 Å². The zero-order valence-corrected chi connectivity index (χ0v) is 11.2. The number of aryl methyl sites for hydroxylation is 1. The van der Waals surface area contributed by atoms with Gasteiger partial charge >= 0.3 is 5.97 Å². The maximum atomic E-state index is 10.8. The van der Waals surface area contributed by atoms with Crippen LogP contribution in [0.3, 0.4) is 0 Å². The van der Waals surface area contributed by atoms with Crippen molar-refractivity contribution in [3.05, 3.63) is 5.82 Å². The van der Waals surface area contributed by atoms with Crippen LogP contribution in [0.4, 0.5) is 0 Å². The van der Waals surface area contributed by atoms with Gasteiger partial charge in [-0.1, -0.05) is 33.1 Å². The molecule has 0 radical (unpaired) electrons. The van der Waals surface area contributed by atoms with Crippen molar-refractivity contribution in [1.82, 2.24) is 20.2 Å². The Kier molecular flexibility index (Phi) is 6.32. The van der Waals surface area contributed by atoms with Crippen molar-refractivity contribution >= 4 is 5.97 Å². The third-order valence-electron chi connectivity index (χ3n) is 3.04. The molecule has 1 atom stereocenters. The molecular weight excluding hydrogens is 232 g/mol. The SMILES string of the molecule is CCCCCCc1nnnn1C(CC)CC(=O)O. The van der Waals surface area contributed by atoms with Crippen LogP contribution >= 0.6 is 0 Å². The van der Waals surface area contributed by atoms with Gasteiger partial charge in [0.15, 0.2) is 5.82 Å². The Morgan fingerprint density at radius 3 is 2.72 bits per heavy atom. The van der Waals surface area contributed by atoms with Gasteiger partial charge in [0.1, 0.15) is 0 Å². The standard InChI is InChI=1S/C12H22N4O2/c1-3-5-6-7-8-11-13-14-15-16(11)10(4-2)9-12(17)18/h10H,3-9H2,1-2H3,(H,17,18). The molecule has 1 rings (SSSR count). The molecule has 0 saturated carbocycles. The van der Waals surface area contributed by atoms with Crippen LogP contribution in [0.2, 0.25) is 0 Å². The molecular formula is C12H22N4O2. The quantitative estimate of drug-likeness (QED) is 0.683. The molecule has 0 bridgehead atoms. The largest absolute Gasteiger partial charge is 0.481 e. The number of carboxylic acid groups (broad SMARTS) is 1. The number of tetrazole rings is 1. The van der Waals surface area contributed by atoms with E-state index in [1.54, 1.807) is 4.68 Å². The second-order valence-electron chi connectivity index (χ2n) is 4.51. The van der Waals surface area contributed by atoms with E-state index in [9.17, 15) is 4.79 Å². The van der Waals surface area contributed by atoms with Gasteiger partial charge in [0.25, 0.3) is 0 Å². The van der Waals surface area contributed by atoms with Crippen molar-refractivity contribution in [3.63, 3.8) is 0 Å². The lowest BCUT2D eigenvalue weighted by Crippen LogP contribution is -2.17. The van der Waals surface area contributed by atoms with Gasteiger partial charge in [0.2, 0.25) is 0 Å². The van der Waals surface area contributed by atoms with Crippen molar-refractivity contribution in [2.75, 3.05) is 0 Å². The molecule has 0 saturated heterocycles. The molecule has 1 unspecified atom stereocenters. The summed E-state index contributed by atoms with van der Waals surface area (Å²) in [6, 6.07) is -0.140. The lowest BCUT2D eigenvalue weighted by molar-refractivity contribution is -0.138. The van der Waals surface area contributed by atoms with Gasteiger partial charge in [0.05, 0.1) is 12.5 Å². The first-order chi connectivity index (χ1) is 8.69. The highest BCUT2D eigenvalue weighted by Gasteiger charge is 2.18. The molecule has 18 heavy (non-hydrogen) atoms. The van der Waals surface area contributed by atoms with E-state index in [2.05, 4.69) is 22.4 Å². The summed E-state index contributed by atoms with van der Waals surface area (Å²) in [4.78, 5) is 10.8. The molecule has 102 valence electrons. The van der Waals surface area contributed by atoms with Gasteiger partial charge in [-0.2, -0.15) is 0 Å². The first-order valence-corrected chi connectivity index (χ1v) is 6.67. The minimum absolute atomic E-state index is 0.0729. The molecule has 1 aromatic heterocycles. The molecule has 0 aliphatic heterocycles. The number of hydrogen-bond donors (Lipinski definition) is 1. The van der Waals surface area contributed by atoms with Crippen LogP contribution < -0.4 is 0 Å². The number of carboxylic acids is 1. The zero-order valence-electron chi connectivity index (χ0n) is 11.2. The fraction of sp³-hybridized carbons (Fsp3) is 0.833. The van der Waals surface area contributed by atoms with Crippen molar-refractivity contribution in [3.8, 4) is 0 Å². The van der Waals surface area contributed by atoms with E-state index in [1.807, 2.05) is 6.92 Å². The minimum atomic E-state index is -0.811. The third-order valence-corrected chi connectivity index (χ3v) is 3.04. The fourth-order valence-electron chi connectivity index (χ4n) is 1.98. The molecule has 0 spiro atoms. The van der Waals surface area contributed by atoms with Crippen molar-refractivity contribution in [2.24, 2.45) is 0 Å². The summed E-state index contributed by atoms with van der Waals surface area (Å²) in [5.41, 5.74) is 0. The molecule has 0 aliphatic carbocycles. The van der Waals surface area contributed by atoms with Gasteiger partial charge in [-0.15, -0.1) is 5.10 Å². The average Bonchev–Trinajstić information content (AvgIpc) is 2.79. The van der Waals surface area contributed by atoms with Crippen LogP contribution in [-0.4, -0.2) is 31.3 Å². The van der Waals surface area contributed by atoms with Crippen LogP contribution in [0, 0.1) is 0 Å². The van der Waals surface area contributed by atoms with Gasteiger partial charge in [-0.25, -0.2) is 4.68 Å². The summed E-state index contributed by atoms with van der Waals surface area (Å²) in [6.45, 7) is 4.13. The smallest absolute Gasteiger partial charge is 0.305 e. The van der Waals surface area contributed by atoms with E-state index < -0.39 is 5.97 Å². The summed E-state index contributed by atoms with van der Waals surface area (Å²) in [6.07, 6.45) is 6.25. The van der Waals surface area contributed by atoms with E-state index >= 15 is 0 Å². The monoisotopic (exact) mass is 254 g/mol. The topological polar surface area (TPSA) is 80.9 Å². The molecule has 0 aromatic carbocycles. The Morgan fingerprint density at radius 1 is 1.33 bits per heavy atom. The Hall–Kier alpha value is -1.46. The first-order valence-electron chi connectivity index (χ1n) is 6.67. The number of aliphatic carboxylic acids is 1. The third kappa shape index (κ3) is 4.43. The Morgan fingerprint density at radius 2 is 2.11 bits per heavy atom. The van der Waals surface area contributed by atoms with Crippen LogP contribution in [0.1, 0.15) is 64.2 Å². The highest BCUT2D eigenvalue weighted by molar-refractivity contribution is 5.67. The summed E-state index contributed by atoms with van der Waals surface area (Å²) in [5.74, 6) is -0.00603. The highest BCUT2D eigenvalue weighted by Crippen LogP contribution is 2.17. The number of nitrogens with zero attached hydrogens (tertiary/aromatic N) is 4. The normalized spacial score (nSPS) is 12.6. The average molecular weight is 254 g/mol. The van der Waals surface area contributed by atoms with Crippen LogP contribution in [0.5, 0.6) is 0 Å². The predicted octanol–water partition coefficient (Wildman–Crippen LogP) is 2.22. The molecule has 1 aromatic rings. The molecule has 1 heterocycles. The number of hydrogen-bond acceptors (Lipinski definition) is 4. The van der Waals surface area contributed by atoms with Crippen molar-refractivity contribution in [1.29, 1.82) is 0 Å². The lowest BCUT2D eigenvalue weighted by Gasteiger charge is -2.14. The second-order valence-corrected chi connectivity index (χ2v) is 4.51. The van der Waals surface area contributed by atoms with Gasteiger partial charge in [0, 0.05) is 6.42 Å². The van der Waals surface area contributed by atoms with Crippen LogP contribution in [0.15, 0.2) is 0 Å². The summed E-state index contributed by atoms with van der Waals surface area (Å²) >= 11 is 0. The van der Waals surface area contributed by atoms with E-state index in [0.717, 1.165) is 25.1 Å². The zero-order chi connectivity index (χ0) is 13.4. The molecule has 0 aliphatic rings. The fourth-order valence-corrected chi connectivity index (χ4v) is 1.98. The van der Waals surface area contributed by atoms with Crippen molar-refractivity contribution in [2.45, 2.75) is 64.8 Å². The van der Waals surface area contributed by atoms with Crippen molar-refractivity contribution < 1.29 is 9.90 Å². The number of aromatic nitrogens is 4. The molecule has 0 amide bonds. The van der Waals surface area contributed by atoms with Gasteiger partial charge in [-0.05, 0) is 23.3 Å². The van der Waals surface area contributed by atoms with E-state index in [1.165, 1.54) is 19.3 Å². The Balaban J connectivity index is 2.59. The molecule has 0 fully saturated rings. The summed E-state index contributed by atoms with van der Waals surface area (Å²) in [5, 5.41) is 20.5. The maximum Gasteiger partial charge on any atom is 0.305 e. The van der Waals surface area contributed by atoms with Gasteiger partial charge < -0.3 is 5.11 Å². The molecule has 6 nitrogen and oxygen atoms in total.